The molecule has 342 valence electrons. The highest BCUT2D eigenvalue weighted by Crippen LogP contribution is 2.34. The normalized spacial score (nSPS) is 21.8. The number of benzene rings is 4. The summed E-state index contributed by atoms with van der Waals surface area (Å²) in [6.07, 6.45) is 6.09. The van der Waals surface area contributed by atoms with Crippen molar-refractivity contribution in [3.63, 3.8) is 0 Å². The summed E-state index contributed by atoms with van der Waals surface area (Å²) in [5.41, 5.74) is 5.59. The number of carbonyl (C=O) groups excluding carboxylic acids is 5. The molecule has 5 aliphatic rings. The number of hydrogen-bond acceptors (Lipinski definition) is 11. The average Bonchev–Trinajstić information content (AvgIpc) is 3.82. The molecule has 4 aromatic carbocycles. The van der Waals surface area contributed by atoms with Crippen LogP contribution in [0, 0.1) is 11.6 Å². The zero-order valence-corrected chi connectivity index (χ0v) is 36.3. The second-order valence-corrected chi connectivity index (χ2v) is 18.0. The van der Waals surface area contributed by atoms with Crippen LogP contribution in [0.5, 0.6) is 0 Å². The molecule has 5 amide bonds. The number of fused-ring (bicyclic) bond motifs is 2. The molecular weight excluding hydrogens is 849 g/mol. The van der Waals surface area contributed by atoms with E-state index in [0.717, 1.165) is 104 Å². The Kier molecular flexibility index (Phi) is 12.0. The molecule has 5 N–H and O–H groups in total. The lowest BCUT2D eigenvalue weighted by Gasteiger charge is -2.43. The predicted octanol–water partition coefficient (Wildman–Crippen LogP) is 6.22. The van der Waals surface area contributed by atoms with Gasteiger partial charge in [0.1, 0.15) is 17.7 Å². The van der Waals surface area contributed by atoms with E-state index >= 15 is 0 Å². The van der Waals surface area contributed by atoms with Crippen LogP contribution in [0.3, 0.4) is 0 Å². The highest BCUT2D eigenvalue weighted by atomic mass is 19.1. The topological polar surface area (TPSA) is 181 Å². The largest absolute Gasteiger partial charge is 0.382 e. The van der Waals surface area contributed by atoms with Gasteiger partial charge < -0.3 is 25.6 Å². The molecule has 17 heteroatoms. The molecule has 10 rings (SSSR count). The Morgan fingerprint density at radius 3 is 2.24 bits per heavy atom. The number of nitrogens with one attached hydrogen (secondary N) is 5. The third-order valence-corrected chi connectivity index (χ3v) is 13.7. The van der Waals surface area contributed by atoms with E-state index in [1.54, 1.807) is 12.1 Å². The van der Waals surface area contributed by atoms with Gasteiger partial charge in [0.15, 0.2) is 5.82 Å². The van der Waals surface area contributed by atoms with Crippen molar-refractivity contribution in [3.8, 4) is 0 Å². The molecule has 5 aromatic rings. The molecule has 1 saturated carbocycles. The van der Waals surface area contributed by atoms with Crippen LogP contribution in [0.1, 0.15) is 93.6 Å². The average molecular weight is 900 g/mol. The van der Waals surface area contributed by atoms with Crippen LogP contribution >= 0.6 is 0 Å². The molecule has 1 atom stereocenters. The summed E-state index contributed by atoms with van der Waals surface area (Å²) in [6, 6.07) is 20.0. The van der Waals surface area contributed by atoms with Crippen LogP contribution in [0.15, 0.2) is 72.8 Å². The number of amides is 5. The monoisotopic (exact) mass is 899 g/mol. The molecule has 1 aromatic heterocycles. The van der Waals surface area contributed by atoms with E-state index in [1.807, 2.05) is 36.4 Å². The first-order valence-electron chi connectivity index (χ1n) is 22.9. The number of nitrogens with zero attached hydrogens (tertiary/aromatic N) is 4. The smallest absolute Gasteiger partial charge is 0.262 e. The maximum absolute atomic E-state index is 14.1. The van der Waals surface area contributed by atoms with Gasteiger partial charge in [0.2, 0.25) is 11.8 Å². The van der Waals surface area contributed by atoms with Gasteiger partial charge in [0, 0.05) is 92.5 Å². The second kappa shape index (κ2) is 18.3. The fourth-order valence-corrected chi connectivity index (χ4v) is 10.2. The zero-order valence-electron chi connectivity index (χ0n) is 36.3. The quantitative estimate of drug-likeness (QED) is 0.0950. The standard InChI is InChI=1S/C49H51F2N9O6/c50-30-22-29(23-31(51)25-30)21-28-1-10-41-40(24-28)45(57-56-41)55-46(62)38-9-7-36(27-42(38)53-33-13-19-66-20-14-33)59-17-15-58(16-18-59)35-5-2-32(3-6-35)52-34-4-8-37-39(26-34)49(65)60(48(37)64)43-11-12-44(61)54-47(43)63/h1,4,7-10,22-27,32-33,35,43,52-53H,2-3,5-6,11-21H2,(H,54,61,63)(H2,55,56,57,62). The maximum Gasteiger partial charge on any atom is 0.262 e. The van der Waals surface area contributed by atoms with E-state index in [-0.39, 0.29) is 42.0 Å². The molecule has 1 aliphatic carbocycles. The summed E-state index contributed by atoms with van der Waals surface area (Å²) < 4.78 is 33.4. The van der Waals surface area contributed by atoms with Gasteiger partial charge in [-0.15, -0.1) is 0 Å². The van der Waals surface area contributed by atoms with E-state index in [4.69, 9.17) is 4.74 Å². The molecule has 4 fully saturated rings. The number of rotatable bonds is 11. The number of ether oxygens (including phenoxy) is 1. The van der Waals surface area contributed by atoms with Crippen LogP contribution in [0.25, 0.3) is 10.9 Å². The Labute approximate surface area is 379 Å². The number of piperazine rings is 1. The molecule has 5 heterocycles. The summed E-state index contributed by atoms with van der Waals surface area (Å²) in [5, 5.41) is 20.6. The number of halogens is 2. The number of imide groups is 2. The molecule has 4 aliphatic heterocycles. The lowest BCUT2D eigenvalue weighted by molar-refractivity contribution is -0.136. The summed E-state index contributed by atoms with van der Waals surface area (Å²) in [5.74, 6) is -3.27. The number of H-pyrrole nitrogens is 1. The first-order valence-corrected chi connectivity index (χ1v) is 22.9. The van der Waals surface area contributed by atoms with Gasteiger partial charge in [0.25, 0.3) is 17.7 Å². The Morgan fingerprint density at radius 2 is 1.48 bits per heavy atom. The van der Waals surface area contributed by atoms with Crippen molar-refractivity contribution in [2.75, 3.05) is 60.2 Å². The Bertz CT molecular complexity index is 2700. The Morgan fingerprint density at radius 1 is 0.742 bits per heavy atom. The fourth-order valence-electron chi connectivity index (χ4n) is 10.2. The number of carbonyl (C=O) groups is 5. The van der Waals surface area contributed by atoms with E-state index in [9.17, 15) is 32.8 Å². The fraction of sp³-hybridized carbons (Fsp3) is 0.388. The van der Waals surface area contributed by atoms with E-state index in [1.165, 1.54) is 12.1 Å². The Hall–Kier alpha value is -6.72. The predicted molar refractivity (Wildman–Crippen MR) is 244 cm³/mol. The van der Waals surface area contributed by atoms with Crippen molar-refractivity contribution < 1.29 is 37.5 Å². The third kappa shape index (κ3) is 8.96. The van der Waals surface area contributed by atoms with Crippen molar-refractivity contribution in [1.82, 2.24) is 25.3 Å². The van der Waals surface area contributed by atoms with E-state index in [2.05, 4.69) is 47.3 Å². The van der Waals surface area contributed by atoms with Crippen LogP contribution < -0.4 is 26.2 Å². The summed E-state index contributed by atoms with van der Waals surface area (Å²) in [6.45, 7) is 4.77. The van der Waals surface area contributed by atoms with Gasteiger partial charge >= 0.3 is 0 Å². The van der Waals surface area contributed by atoms with Crippen LogP contribution in [-0.2, 0) is 20.7 Å². The summed E-state index contributed by atoms with van der Waals surface area (Å²) in [4.78, 5) is 70.7. The summed E-state index contributed by atoms with van der Waals surface area (Å²) in [7, 11) is 0. The van der Waals surface area contributed by atoms with Crippen molar-refractivity contribution in [2.45, 2.75) is 82.0 Å². The molecule has 3 saturated heterocycles. The number of anilines is 4. The minimum absolute atomic E-state index is 0.0751. The summed E-state index contributed by atoms with van der Waals surface area (Å²) >= 11 is 0. The zero-order chi connectivity index (χ0) is 45.5. The first kappa shape index (κ1) is 43.2. The van der Waals surface area contributed by atoms with Crippen LogP contribution in [0.2, 0.25) is 0 Å². The van der Waals surface area contributed by atoms with E-state index < -0.39 is 41.3 Å². The van der Waals surface area contributed by atoms with Gasteiger partial charge in [-0.2, -0.15) is 5.10 Å². The minimum Gasteiger partial charge on any atom is -0.382 e. The lowest BCUT2D eigenvalue weighted by atomic mass is 9.89. The molecule has 66 heavy (non-hydrogen) atoms. The number of piperidine rings is 1. The van der Waals surface area contributed by atoms with Gasteiger partial charge in [-0.25, -0.2) is 8.78 Å². The SMILES string of the molecule is O=C1CCC(N2C(=O)c3ccc(NC4CCC(N5CCN(c6ccc(C(=O)Nc7n[nH]c8ccc(Cc9cc(F)cc(F)c9)cc78)c(NC7CCOCC7)c6)CC5)CC4)cc3C2=O)C(=O)N1. The van der Waals surface area contributed by atoms with Gasteiger partial charge in [-0.1, -0.05) is 6.07 Å². The molecule has 0 bridgehead atoms. The van der Waals surface area contributed by atoms with Crippen molar-refractivity contribution in [3.05, 3.63) is 112 Å². The number of hydrogen-bond donors (Lipinski definition) is 5. The molecule has 1 unspecified atom stereocenters. The maximum atomic E-state index is 14.1. The highest BCUT2D eigenvalue weighted by Gasteiger charge is 2.45. The van der Waals surface area contributed by atoms with Gasteiger partial charge in [-0.05, 0) is 123 Å². The minimum atomic E-state index is -0.996. The number of aromatic nitrogens is 2. The molecular formula is C49H51F2N9O6. The van der Waals surface area contributed by atoms with Crippen molar-refractivity contribution in [2.24, 2.45) is 0 Å². The molecule has 0 spiro atoms. The highest BCUT2D eigenvalue weighted by molar-refractivity contribution is 6.23. The van der Waals surface area contributed by atoms with Crippen LogP contribution in [-0.4, -0.2) is 113 Å². The van der Waals surface area contributed by atoms with Crippen LogP contribution in [0.4, 0.5) is 31.7 Å². The molecule has 0 radical (unpaired) electrons. The van der Waals surface area contributed by atoms with Crippen molar-refractivity contribution in [1.29, 1.82) is 0 Å². The number of aromatic amines is 1. The van der Waals surface area contributed by atoms with Crippen molar-refractivity contribution >= 4 is 63.3 Å². The lowest BCUT2D eigenvalue weighted by Crippen LogP contribution is -2.54. The van der Waals surface area contributed by atoms with E-state index in [0.29, 0.717) is 48.0 Å². The van der Waals surface area contributed by atoms with Gasteiger partial charge in [-0.3, -0.25) is 44.2 Å². The second-order valence-electron chi connectivity index (χ2n) is 18.0. The first-order chi connectivity index (χ1) is 32.0. The van der Waals surface area contributed by atoms with Gasteiger partial charge in [0.05, 0.1) is 22.2 Å². The third-order valence-electron chi connectivity index (χ3n) is 13.7. The molecule has 15 nitrogen and oxygen atoms in total. The Balaban J connectivity index is 0.758.